The van der Waals surface area contributed by atoms with E-state index in [1.165, 1.54) is 40.1 Å². The van der Waals surface area contributed by atoms with Gasteiger partial charge in [-0.25, -0.2) is 0 Å². The highest BCUT2D eigenvalue weighted by Crippen LogP contribution is 2.47. The largest absolute Gasteiger partial charge is 0.508 e. The summed E-state index contributed by atoms with van der Waals surface area (Å²) in [5.74, 6) is 1.57. The van der Waals surface area contributed by atoms with Crippen LogP contribution in [0.4, 0.5) is 11.5 Å². The van der Waals surface area contributed by atoms with Crippen molar-refractivity contribution in [3.8, 4) is 34.6 Å². The van der Waals surface area contributed by atoms with Gasteiger partial charge in [-0.1, -0.05) is 44.7 Å². The lowest BCUT2D eigenvalue weighted by atomic mass is 9.98. The van der Waals surface area contributed by atoms with Crippen molar-refractivity contribution in [3.63, 3.8) is 0 Å². The number of hydrogen-bond donors (Lipinski definition) is 2. The molecule has 2 N–H and O–H groups in total. The third-order valence-electron chi connectivity index (χ3n) is 13.7. The molecule has 5 heterocycles. The molecular formula is C49H60N10O4. The molecule has 14 nitrogen and oxygen atoms in total. The van der Waals surface area contributed by atoms with Crippen LogP contribution in [0.5, 0.6) is 17.5 Å². The number of phenolic OH excluding ortho intramolecular Hbond substituents is 2. The van der Waals surface area contributed by atoms with E-state index in [-0.39, 0.29) is 28.7 Å². The zero-order chi connectivity index (χ0) is 43.8. The Kier molecular flexibility index (Phi) is 11.9. The van der Waals surface area contributed by atoms with E-state index in [9.17, 15) is 15.0 Å². The quantitative estimate of drug-likeness (QED) is 0.130. The summed E-state index contributed by atoms with van der Waals surface area (Å²) >= 11 is 0. The van der Waals surface area contributed by atoms with Crippen LogP contribution in [0.3, 0.4) is 0 Å². The van der Waals surface area contributed by atoms with Crippen molar-refractivity contribution in [3.05, 3.63) is 107 Å². The molecule has 0 spiro atoms. The maximum atomic E-state index is 12.4. The van der Waals surface area contributed by atoms with E-state index in [2.05, 4.69) is 92.7 Å². The highest BCUT2D eigenvalue weighted by molar-refractivity contribution is 5.87. The maximum absolute atomic E-state index is 12.4. The number of hydrogen-bond acceptors (Lipinski definition) is 12. The number of benzene rings is 3. The van der Waals surface area contributed by atoms with Crippen LogP contribution in [0.1, 0.15) is 66.1 Å². The number of carbonyl (C=O) groups is 1. The van der Waals surface area contributed by atoms with E-state index < -0.39 is 0 Å². The van der Waals surface area contributed by atoms with E-state index in [0.717, 1.165) is 87.8 Å². The molecule has 0 bridgehead atoms. The van der Waals surface area contributed by atoms with Gasteiger partial charge in [0.2, 0.25) is 5.91 Å². The Labute approximate surface area is 370 Å². The summed E-state index contributed by atoms with van der Waals surface area (Å²) in [4.78, 5) is 34.3. The fourth-order valence-electron chi connectivity index (χ4n) is 9.45. The van der Waals surface area contributed by atoms with Gasteiger partial charge in [0, 0.05) is 100 Å². The molecule has 9 rings (SSSR count). The van der Waals surface area contributed by atoms with Gasteiger partial charge in [-0.05, 0) is 91.6 Å². The predicted molar refractivity (Wildman–Crippen MR) is 245 cm³/mol. The van der Waals surface area contributed by atoms with E-state index >= 15 is 0 Å². The van der Waals surface area contributed by atoms with Gasteiger partial charge in [0.15, 0.2) is 5.82 Å². The lowest BCUT2D eigenvalue weighted by Crippen LogP contribution is -2.49. The van der Waals surface area contributed by atoms with Crippen molar-refractivity contribution >= 4 is 17.4 Å². The summed E-state index contributed by atoms with van der Waals surface area (Å²) in [7, 11) is 0. The third kappa shape index (κ3) is 8.96. The molecule has 63 heavy (non-hydrogen) atoms. The van der Waals surface area contributed by atoms with Gasteiger partial charge >= 0.3 is 6.01 Å². The van der Waals surface area contributed by atoms with Crippen molar-refractivity contribution in [1.29, 1.82) is 0 Å². The molecule has 3 aliphatic heterocycles. The summed E-state index contributed by atoms with van der Waals surface area (Å²) in [6.07, 6.45) is 6.17. The Morgan fingerprint density at radius 3 is 2.35 bits per heavy atom. The monoisotopic (exact) mass is 852 g/mol. The number of phenols is 2. The highest BCUT2D eigenvalue weighted by atomic mass is 16.5. The molecule has 330 valence electrons. The van der Waals surface area contributed by atoms with Crippen molar-refractivity contribution in [2.45, 2.75) is 66.0 Å². The molecule has 2 aromatic heterocycles. The summed E-state index contributed by atoms with van der Waals surface area (Å²) in [6, 6.07) is 18.6. The Morgan fingerprint density at radius 2 is 1.63 bits per heavy atom. The van der Waals surface area contributed by atoms with Crippen LogP contribution in [0.15, 0.2) is 73.6 Å². The first kappa shape index (κ1) is 42.3. The standard InChI is InChI=1S/C49H60N10O4/c1-6-45(62)56-22-24-57(25-23-56)46-38-14-17-58(42-9-7-8-34(4)35(42)5)29-41(38)51-48(52-46)63-31-49(15-16-49)30-55-20-18-54(19-21-55)28-36-10-12-37(13-11-36)59-32-50-53-47(59)40-26-39(33(2)3)43(60)27-44(40)61/h6-13,26-27,32-33,60-61H,1,14-25,28-31H2,2-5H3. The number of aromatic hydroxyl groups is 2. The number of aromatic nitrogens is 5. The van der Waals surface area contributed by atoms with E-state index in [1.54, 1.807) is 12.4 Å². The van der Waals surface area contributed by atoms with Gasteiger partial charge in [0.1, 0.15) is 23.6 Å². The van der Waals surface area contributed by atoms with E-state index in [0.29, 0.717) is 56.7 Å². The molecule has 3 fully saturated rings. The number of nitrogens with zero attached hydrogens (tertiary/aromatic N) is 10. The molecule has 4 aliphatic rings. The van der Waals surface area contributed by atoms with Crippen LogP contribution >= 0.6 is 0 Å². The van der Waals surface area contributed by atoms with Crippen LogP contribution in [0.2, 0.25) is 0 Å². The topological polar surface area (TPSA) is 139 Å². The Morgan fingerprint density at radius 1 is 0.889 bits per heavy atom. The molecule has 1 aliphatic carbocycles. The normalized spacial score (nSPS) is 17.8. The summed E-state index contributed by atoms with van der Waals surface area (Å²) < 4.78 is 8.48. The van der Waals surface area contributed by atoms with Gasteiger partial charge in [0.05, 0.1) is 24.4 Å². The average molecular weight is 853 g/mol. The maximum Gasteiger partial charge on any atom is 0.318 e. The number of aryl methyl sites for hydroxylation is 1. The van der Waals surface area contributed by atoms with Crippen LogP contribution in [-0.2, 0) is 24.3 Å². The molecule has 1 amide bonds. The molecule has 5 aromatic rings. The minimum absolute atomic E-state index is 0.0233. The molecule has 0 radical (unpaired) electrons. The minimum Gasteiger partial charge on any atom is -0.508 e. The summed E-state index contributed by atoms with van der Waals surface area (Å²) in [6.45, 7) is 22.8. The van der Waals surface area contributed by atoms with Crippen LogP contribution in [0.25, 0.3) is 17.1 Å². The fraction of sp³-hybridized carbons (Fsp3) is 0.449. The average Bonchev–Trinajstić information content (AvgIpc) is 3.89. The number of carbonyl (C=O) groups excluding carboxylic acids is 1. The number of rotatable bonds is 13. The molecule has 0 atom stereocenters. The van der Waals surface area contributed by atoms with Crippen LogP contribution < -0.4 is 14.5 Å². The van der Waals surface area contributed by atoms with Crippen molar-refractivity contribution in [2.24, 2.45) is 5.41 Å². The summed E-state index contributed by atoms with van der Waals surface area (Å²) in [5, 5.41) is 29.6. The minimum atomic E-state index is -0.0358. The van der Waals surface area contributed by atoms with Crippen molar-refractivity contribution in [2.75, 3.05) is 81.9 Å². The van der Waals surface area contributed by atoms with Gasteiger partial charge in [-0.15, -0.1) is 10.2 Å². The molecule has 3 aromatic carbocycles. The fourth-order valence-corrected chi connectivity index (χ4v) is 9.45. The first-order valence-electron chi connectivity index (χ1n) is 22.5. The van der Waals surface area contributed by atoms with Gasteiger partial charge in [-0.2, -0.15) is 9.97 Å². The van der Waals surface area contributed by atoms with Crippen LogP contribution in [0, 0.1) is 19.3 Å². The predicted octanol–water partition coefficient (Wildman–Crippen LogP) is 6.25. The van der Waals surface area contributed by atoms with Crippen molar-refractivity contribution in [1.82, 2.24) is 39.4 Å². The number of anilines is 2. The third-order valence-corrected chi connectivity index (χ3v) is 13.7. The van der Waals surface area contributed by atoms with E-state index in [1.807, 2.05) is 23.3 Å². The van der Waals surface area contributed by atoms with Gasteiger partial charge in [-0.3, -0.25) is 14.3 Å². The lowest BCUT2D eigenvalue weighted by molar-refractivity contribution is -0.126. The SMILES string of the molecule is C=CC(=O)N1CCN(c2nc(OCC3(CN4CCN(Cc5ccc(-n6cnnc6-c6cc(C(C)C)c(O)cc6O)cc5)CC4)CC3)nc3c2CCN(c2cccc(C)c2C)C3)CC1. The second kappa shape index (κ2) is 17.6. The number of ether oxygens (including phenoxy) is 1. The van der Waals surface area contributed by atoms with Gasteiger partial charge < -0.3 is 34.5 Å². The lowest BCUT2D eigenvalue weighted by Gasteiger charge is -2.38. The number of amides is 1. The van der Waals surface area contributed by atoms with Gasteiger partial charge in [0.25, 0.3) is 0 Å². The Hall–Kier alpha value is -5.99. The molecule has 1 saturated carbocycles. The van der Waals surface area contributed by atoms with Crippen LogP contribution in [-0.4, -0.2) is 128 Å². The Balaban J connectivity index is 0.819. The number of piperazine rings is 2. The number of fused-ring (bicyclic) bond motifs is 1. The highest BCUT2D eigenvalue weighted by Gasteiger charge is 2.45. The molecule has 14 heteroatoms. The zero-order valence-corrected chi connectivity index (χ0v) is 37.1. The summed E-state index contributed by atoms with van der Waals surface area (Å²) in [5.41, 5.74) is 9.57. The van der Waals surface area contributed by atoms with E-state index in [4.69, 9.17) is 14.7 Å². The molecular weight excluding hydrogens is 793 g/mol. The molecule has 2 saturated heterocycles. The second-order valence-electron chi connectivity index (χ2n) is 18.3. The molecule has 0 unspecified atom stereocenters. The van der Waals surface area contributed by atoms with Crippen molar-refractivity contribution < 1.29 is 19.7 Å². The first-order chi connectivity index (χ1) is 30.5. The first-order valence-corrected chi connectivity index (χ1v) is 22.5. The second-order valence-corrected chi connectivity index (χ2v) is 18.3. The zero-order valence-electron chi connectivity index (χ0n) is 37.1. The smallest absolute Gasteiger partial charge is 0.318 e. The Bertz CT molecular complexity index is 2460.